The van der Waals surface area contributed by atoms with Crippen molar-refractivity contribution >= 4 is 34.8 Å². The molecule has 0 spiro atoms. The van der Waals surface area contributed by atoms with Crippen LogP contribution in [0.15, 0.2) is 12.3 Å². The van der Waals surface area contributed by atoms with Gasteiger partial charge in [-0.15, -0.1) is 0 Å². The molecule has 0 radical (unpaired) electrons. The van der Waals surface area contributed by atoms with Crippen LogP contribution in [-0.2, 0) is 0 Å². The van der Waals surface area contributed by atoms with Crippen LogP contribution < -0.4 is 0 Å². The molecule has 0 saturated heterocycles. The molecule has 0 aromatic heterocycles. The van der Waals surface area contributed by atoms with Crippen LogP contribution in [-0.4, -0.2) is 8.90 Å². The number of rotatable bonds is 1. The highest BCUT2D eigenvalue weighted by molar-refractivity contribution is 6.67. The lowest BCUT2D eigenvalue weighted by molar-refractivity contribution is 0.471. The van der Waals surface area contributed by atoms with Crippen molar-refractivity contribution in [2.24, 2.45) is 0 Å². The van der Waals surface area contributed by atoms with Gasteiger partial charge >= 0.3 is 0 Å². The maximum absolute atomic E-state index is 8.07. The SMILES string of the molecule is OC=CCC(Cl)(Cl)Cl. The summed E-state index contributed by atoms with van der Waals surface area (Å²) in [5.41, 5.74) is 0. The molecule has 0 fully saturated rings. The van der Waals surface area contributed by atoms with Crippen LogP contribution in [0.25, 0.3) is 0 Å². The summed E-state index contributed by atoms with van der Waals surface area (Å²) < 4.78 is -1.28. The van der Waals surface area contributed by atoms with Crippen LogP contribution in [0.2, 0.25) is 0 Å². The van der Waals surface area contributed by atoms with Crippen molar-refractivity contribution in [3.8, 4) is 0 Å². The van der Waals surface area contributed by atoms with Crippen molar-refractivity contribution < 1.29 is 5.11 Å². The van der Waals surface area contributed by atoms with E-state index in [0.717, 1.165) is 6.26 Å². The molecule has 0 aliphatic heterocycles. The van der Waals surface area contributed by atoms with Crippen LogP contribution in [0.3, 0.4) is 0 Å². The fraction of sp³-hybridized carbons (Fsp3) is 0.500. The van der Waals surface area contributed by atoms with E-state index in [0.29, 0.717) is 0 Å². The first-order valence-corrected chi connectivity index (χ1v) is 3.05. The first-order valence-electron chi connectivity index (χ1n) is 1.92. The summed E-state index contributed by atoms with van der Waals surface area (Å²) in [5, 5.41) is 8.07. The number of aliphatic hydroxyl groups excluding tert-OH is 1. The number of hydrogen-bond donors (Lipinski definition) is 1. The lowest BCUT2D eigenvalue weighted by atomic mass is 10.5. The Hall–Kier alpha value is 0.410. The fourth-order valence-corrected chi connectivity index (χ4v) is 0.454. The molecule has 4 heteroatoms. The van der Waals surface area contributed by atoms with Gasteiger partial charge in [-0.05, 0) is 6.08 Å². The Morgan fingerprint density at radius 2 is 1.88 bits per heavy atom. The molecule has 1 nitrogen and oxygen atoms in total. The fourth-order valence-electron chi connectivity index (χ4n) is 0.186. The van der Waals surface area contributed by atoms with E-state index in [-0.39, 0.29) is 6.42 Å². The van der Waals surface area contributed by atoms with Crippen molar-refractivity contribution in [3.63, 3.8) is 0 Å². The summed E-state index contributed by atoms with van der Waals surface area (Å²) in [6, 6.07) is 0. The molecule has 0 amide bonds. The molecule has 0 atom stereocenters. The molecule has 0 saturated carbocycles. The summed E-state index contributed by atoms with van der Waals surface area (Å²) in [7, 11) is 0. The monoisotopic (exact) mass is 174 g/mol. The minimum absolute atomic E-state index is 0.230. The van der Waals surface area contributed by atoms with Gasteiger partial charge in [0, 0.05) is 6.42 Å². The van der Waals surface area contributed by atoms with E-state index in [4.69, 9.17) is 39.9 Å². The van der Waals surface area contributed by atoms with Crippen molar-refractivity contribution in [2.75, 3.05) is 0 Å². The molecule has 0 rings (SSSR count). The minimum atomic E-state index is -1.28. The molecule has 0 aromatic rings. The average Bonchev–Trinajstić information content (AvgIpc) is 1.59. The standard InChI is InChI=1S/C4H5Cl3O/c5-4(6,7)2-1-3-8/h1,3,8H,2H2. The van der Waals surface area contributed by atoms with Gasteiger partial charge in [-0.2, -0.15) is 0 Å². The Morgan fingerprint density at radius 1 is 1.38 bits per heavy atom. The number of aliphatic hydroxyl groups is 1. The smallest absolute Gasteiger partial charge is 0.194 e. The van der Waals surface area contributed by atoms with E-state index >= 15 is 0 Å². The maximum atomic E-state index is 8.07. The molecular formula is C4H5Cl3O. The zero-order valence-electron chi connectivity index (χ0n) is 3.94. The molecule has 8 heavy (non-hydrogen) atoms. The molecule has 0 aliphatic rings. The molecule has 0 aromatic carbocycles. The van der Waals surface area contributed by atoms with E-state index < -0.39 is 3.79 Å². The average molecular weight is 175 g/mol. The van der Waals surface area contributed by atoms with Crippen LogP contribution in [0, 0.1) is 0 Å². The zero-order valence-corrected chi connectivity index (χ0v) is 6.21. The van der Waals surface area contributed by atoms with Crippen LogP contribution in [0.4, 0.5) is 0 Å². The molecular weight excluding hydrogens is 170 g/mol. The van der Waals surface area contributed by atoms with Gasteiger partial charge in [0.1, 0.15) is 0 Å². The number of allylic oxidation sites excluding steroid dienone is 1. The van der Waals surface area contributed by atoms with Gasteiger partial charge in [0.15, 0.2) is 3.79 Å². The summed E-state index contributed by atoms with van der Waals surface area (Å²) in [4.78, 5) is 0. The van der Waals surface area contributed by atoms with Crippen LogP contribution in [0.1, 0.15) is 6.42 Å². The first-order chi connectivity index (χ1) is 3.56. The Morgan fingerprint density at radius 3 is 2.00 bits per heavy atom. The molecule has 1 N–H and O–H groups in total. The van der Waals surface area contributed by atoms with Crippen LogP contribution in [0.5, 0.6) is 0 Å². The minimum Gasteiger partial charge on any atom is -0.516 e. The van der Waals surface area contributed by atoms with Crippen molar-refractivity contribution in [3.05, 3.63) is 12.3 Å². The third-order valence-corrected chi connectivity index (χ3v) is 0.918. The predicted molar refractivity (Wildman–Crippen MR) is 36.7 cm³/mol. The van der Waals surface area contributed by atoms with Gasteiger partial charge in [-0.25, -0.2) is 0 Å². The lowest BCUT2D eigenvalue weighted by Gasteiger charge is -2.03. The van der Waals surface area contributed by atoms with Gasteiger partial charge < -0.3 is 5.11 Å². The molecule has 0 bridgehead atoms. The molecule has 48 valence electrons. The van der Waals surface area contributed by atoms with Gasteiger partial charge in [-0.3, -0.25) is 0 Å². The summed E-state index contributed by atoms with van der Waals surface area (Å²) in [6.07, 6.45) is 2.45. The highest BCUT2D eigenvalue weighted by Gasteiger charge is 2.16. The summed E-state index contributed by atoms with van der Waals surface area (Å²) >= 11 is 15.8. The second-order valence-electron chi connectivity index (χ2n) is 1.20. The number of halogens is 3. The third kappa shape index (κ3) is 6.41. The second-order valence-corrected chi connectivity index (χ2v) is 3.72. The highest BCUT2D eigenvalue weighted by Crippen LogP contribution is 2.29. The van der Waals surface area contributed by atoms with Crippen molar-refractivity contribution in [2.45, 2.75) is 10.2 Å². The van der Waals surface area contributed by atoms with Crippen molar-refractivity contribution in [1.29, 1.82) is 0 Å². The third-order valence-electron chi connectivity index (χ3n) is 0.455. The summed E-state index contributed by atoms with van der Waals surface area (Å²) in [5.74, 6) is 0. The first kappa shape index (κ1) is 8.41. The lowest BCUT2D eigenvalue weighted by Crippen LogP contribution is -1.97. The Balaban J connectivity index is 3.39. The van der Waals surface area contributed by atoms with E-state index in [9.17, 15) is 0 Å². The topological polar surface area (TPSA) is 20.2 Å². The second kappa shape index (κ2) is 3.44. The Kier molecular flexibility index (Phi) is 3.61. The van der Waals surface area contributed by atoms with E-state index in [1.54, 1.807) is 0 Å². The predicted octanol–water partition coefficient (Wildman–Crippen LogP) is 2.82. The number of alkyl halides is 3. The van der Waals surface area contributed by atoms with Crippen molar-refractivity contribution in [1.82, 2.24) is 0 Å². The van der Waals surface area contributed by atoms with Crippen LogP contribution >= 0.6 is 34.8 Å². The summed E-state index contributed by atoms with van der Waals surface area (Å²) in [6.45, 7) is 0. The zero-order chi connectivity index (χ0) is 6.62. The Bertz CT molecular complexity index is 83.8. The van der Waals surface area contributed by atoms with E-state index in [1.165, 1.54) is 6.08 Å². The highest BCUT2D eigenvalue weighted by atomic mass is 35.6. The van der Waals surface area contributed by atoms with Gasteiger partial charge in [-0.1, -0.05) is 34.8 Å². The van der Waals surface area contributed by atoms with Gasteiger partial charge in [0.05, 0.1) is 6.26 Å². The normalized spacial score (nSPS) is 12.9. The quantitative estimate of drug-likeness (QED) is 0.480. The van der Waals surface area contributed by atoms with Gasteiger partial charge in [0.2, 0.25) is 0 Å². The van der Waals surface area contributed by atoms with Gasteiger partial charge in [0.25, 0.3) is 0 Å². The maximum Gasteiger partial charge on any atom is 0.194 e. The molecule has 0 unspecified atom stereocenters. The van der Waals surface area contributed by atoms with E-state index in [1.807, 2.05) is 0 Å². The largest absolute Gasteiger partial charge is 0.516 e. The molecule has 0 heterocycles. The Labute approximate surface area is 62.8 Å². The molecule has 0 aliphatic carbocycles. The number of hydrogen-bond acceptors (Lipinski definition) is 1. The van der Waals surface area contributed by atoms with E-state index in [2.05, 4.69) is 0 Å².